The van der Waals surface area contributed by atoms with Crippen LogP contribution >= 0.6 is 0 Å². The summed E-state index contributed by atoms with van der Waals surface area (Å²) in [6.07, 6.45) is 6.30. The van der Waals surface area contributed by atoms with Crippen LogP contribution in [0, 0.1) is 5.92 Å². The largest absolute Gasteiger partial charge is 0.469 e. The molecule has 1 aliphatic rings. The molecule has 0 aromatic carbocycles. The molecule has 2 N–H and O–H groups in total. The van der Waals surface area contributed by atoms with E-state index in [1.807, 2.05) is 17.0 Å². The monoisotopic (exact) mass is 264 g/mol. The van der Waals surface area contributed by atoms with E-state index in [1.54, 1.807) is 6.26 Å². The van der Waals surface area contributed by atoms with Gasteiger partial charge in [-0.05, 0) is 44.4 Å². The molecule has 0 radical (unpaired) electrons. The van der Waals surface area contributed by atoms with Crippen molar-refractivity contribution in [3.05, 3.63) is 24.2 Å². The second kappa shape index (κ2) is 6.75. The van der Waals surface area contributed by atoms with Gasteiger partial charge in [0.1, 0.15) is 5.76 Å². The maximum atomic E-state index is 12.4. The highest BCUT2D eigenvalue weighted by Crippen LogP contribution is 2.29. The molecule has 1 aliphatic carbocycles. The lowest BCUT2D eigenvalue weighted by Gasteiger charge is -2.32. The molecule has 19 heavy (non-hydrogen) atoms. The topological polar surface area (TPSA) is 59.5 Å². The number of amides is 1. The number of carbonyl (C=O) groups is 1. The average Bonchev–Trinajstić information content (AvgIpc) is 3.08. The van der Waals surface area contributed by atoms with Crippen LogP contribution in [0.25, 0.3) is 0 Å². The third-order valence-corrected chi connectivity index (χ3v) is 4.15. The van der Waals surface area contributed by atoms with Crippen molar-refractivity contribution in [2.24, 2.45) is 11.7 Å². The Kier molecular flexibility index (Phi) is 5.02. The van der Waals surface area contributed by atoms with E-state index in [-0.39, 0.29) is 5.91 Å². The van der Waals surface area contributed by atoms with Gasteiger partial charge in [-0.15, -0.1) is 0 Å². The molecule has 1 heterocycles. The average molecular weight is 264 g/mol. The second-order valence-corrected chi connectivity index (χ2v) is 5.25. The first-order valence-electron chi connectivity index (χ1n) is 7.28. The summed E-state index contributed by atoms with van der Waals surface area (Å²) in [6, 6.07) is 4.12. The van der Waals surface area contributed by atoms with Crippen LogP contribution in [0.1, 0.15) is 38.4 Å². The van der Waals surface area contributed by atoms with Gasteiger partial charge in [-0.25, -0.2) is 0 Å². The standard InChI is InChI=1S/C15H24N2O2/c1-2-17(14-7-3-5-12(14)11-16)15(18)9-8-13-6-4-10-19-13/h4,6,10,12,14H,2-3,5,7-9,11,16H2,1H3. The normalized spacial score (nSPS) is 22.6. The lowest BCUT2D eigenvalue weighted by atomic mass is 10.0. The summed E-state index contributed by atoms with van der Waals surface area (Å²) in [5.41, 5.74) is 5.82. The Morgan fingerprint density at radius 2 is 2.37 bits per heavy atom. The minimum absolute atomic E-state index is 0.226. The van der Waals surface area contributed by atoms with Gasteiger partial charge >= 0.3 is 0 Å². The highest BCUT2D eigenvalue weighted by atomic mass is 16.3. The molecule has 0 spiro atoms. The fourth-order valence-corrected chi connectivity index (χ4v) is 3.13. The molecule has 2 unspecified atom stereocenters. The zero-order chi connectivity index (χ0) is 13.7. The van der Waals surface area contributed by atoms with E-state index in [2.05, 4.69) is 6.92 Å². The van der Waals surface area contributed by atoms with Crippen molar-refractivity contribution in [1.82, 2.24) is 4.90 Å². The molecule has 0 aliphatic heterocycles. The SMILES string of the molecule is CCN(C(=O)CCc1ccco1)C1CCCC1CN. The van der Waals surface area contributed by atoms with Crippen LogP contribution in [0.5, 0.6) is 0 Å². The van der Waals surface area contributed by atoms with Crippen LogP contribution in [0.2, 0.25) is 0 Å². The predicted molar refractivity (Wildman–Crippen MR) is 74.6 cm³/mol. The lowest BCUT2D eigenvalue weighted by Crippen LogP contribution is -2.44. The summed E-state index contributed by atoms with van der Waals surface area (Å²) in [6.45, 7) is 3.52. The summed E-state index contributed by atoms with van der Waals surface area (Å²) >= 11 is 0. The Labute approximate surface area is 114 Å². The number of rotatable bonds is 6. The van der Waals surface area contributed by atoms with Gasteiger partial charge in [0.15, 0.2) is 0 Å². The maximum absolute atomic E-state index is 12.4. The molecule has 2 atom stereocenters. The quantitative estimate of drug-likeness (QED) is 0.856. The van der Waals surface area contributed by atoms with Crippen molar-refractivity contribution in [1.29, 1.82) is 0 Å². The fraction of sp³-hybridized carbons (Fsp3) is 0.667. The van der Waals surface area contributed by atoms with Crippen molar-refractivity contribution in [3.63, 3.8) is 0 Å². The predicted octanol–water partition coefficient (Wildman–Crippen LogP) is 2.19. The number of nitrogens with zero attached hydrogens (tertiary/aromatic N) is 1. The van der Waals surface area contributed by atoms with Gasteiger partial charge < -0.3 is 15.1 Å². The zero-order valence-electron chi connectivity index (χ0n) is 11.7. The number of hydrogen-bond acceptors (Lipinski definition) is 3. The Morgan fingerprint density at radius 1 is 1.53 bits per heavy atom. The molecule has 1 aromatic rings. The van der Waals surface area contributed by atoms with Gasteiger partial charge in [0.2, 0.25) is 5.91 Å². The number of furan rings is 1. The molecule has 1 amide bonds. The number of nitrogens with two attached hydrogens (primary N) is 1. The first-order valence-corrected chi connectivity index (χ1v) is 7.28. The first-order chi connectivity index (χ1) is 9.26. The van der Waals surface area contributed by atoms with Crippen LogP contribution in [-0.4, -0.2) is 29.9 Å². The third-order valence-electron chi connectivity index (χ3n) is 4.15. The summed E-state index contributed by atoms with van der Waals surface area (Å²) in [5.74, 6) is 1.59. The maximum Gasteiger partial charge on any atom is 0.223 e. The van der Waals surface area contributed by atoms with E-state index in [0.29, 0.717) is 31.3 Å². The zero-order valence-corrected chi connectivity index (χ0v) is 11.7. The van der Waals surface area contributed by atoms with Crippen LogP contribution in [0.3, 0.4) is 0 Å². The minimum Gasteiger partial charge on any atom is -0.469 e. The third kappa shape index (κ3) is 3.38. The van der Waals surface area contributed by atoms with E-state index >= 15 is 0 Å². The molecule has 0 bridgehead atoms. The van der Waals surface area contributed by atoms with Gasteiger partial charge in [0.25, 0.3) is 0 Å². The summed E-state index contributed by atoms with van der Waals surface area (Å²) in [7, 11) is 0. The molecule has 4 heteroatoms. The summed E-state index contributed by atoms with van der Waals surface area (Å²) in [5, 5.41) is 0. The first kappa shape index (κ1) is 14.1. The van der Waals surface area contributed by atoms with E-state index in [9.17, 15) is 4.79 Å². The lowest BCUT2D eigenvalue weighted by molar-refractivity contribution is -0.134. The van der Waals surface area contributed by atoms with Crippen molar-refractivity contribution in [2.45, 2.75) is 45.1 Å². The Balaban J connectivity index is 1.91. The second-order valence-electron chi connectivity index (χ2n) is 5.25. The van der Waals surface area contributed by atoms with E-state index in [4.69, 9.17) is 10.2 Å². The molecule has 0 saturated heterocycles. The molecular weight excluding hydrogens is 240 g/mol. The van der Waals surface area contributed by atoms with E-state index in [0.717, 1.165) is 25.1 Å². The Morgan fingerprint density at radius 3 is 3.00 bits per heavy atom. The smallest absolute Gasteiger partial charge is 0.223 e. The Hall–Kier alpha value is -1.29. The van der Waals surface area contributed by atoms with Crippen molar-refractivity contribution < 1.29 is 9.21 Å². The van der Waals surface area contributed by atoms with Crippen LogP contribution < -0.4 is 5.73 Å². The van der Waals surface area contributed by atoms with Crippen molar-refractivity contribution >= 4 is 5.91 Å². The molecule has 2 rings (SSSR count). The molecule has 1 aromatic heterocycles. The van der Waals surface area contributed by atoms with Crippen LogP contribution in [0.15, 0.2) is 22.8 Å². The van der Waals surface area contributed by atoms with Gasteiger partial charge in [-0.2, -0.15) is 0 Å². The van der Waals surface area contributed by atoms with Crippen molar-refractivity contribution in [2.75, 3.05) is 13.1 Å². The number of hydrogen-bond donors (Lipinski definition) is 1. The van der Waals surface area contributed by atoms with Crippen LogP contribution in [-0.2, 0) is 11.2 Å². The highest BCUT2D eigenvalue weighted by Gasteiger charge is 2.32. The Bertz CT molecular complexity index is 389. The number of carbonyl (C=O) groups excluding carboxylic acids is 1. The molecule has 106 valence electrons. The molecule has 1 fully saturated rings. The molecule has 1 saturated carbocycles. The minimum atomic E-state index is 0.226. The highest BCUT2D eigenvalue weighted by molar-refractivity contribution is 5.76. The molecular formula is C15H24N2O2. The fourth-order valence-electron chi connectivity index (χ4n) is 3.13. The van der Waals surface area contributed by atoms with Crippen molar-refractivity contribution in [3.8, 4) is 0 Å². The van der Waals surface area contributed by atoms with E-state index < -0.39 is 0 Å². The number of aryl methyl sites for hydroxylation is 1. The summed E-state index contributed by atoms with van der Waals surface area (Å²) in [4.78, 5) is 14.4. The van der Waals surface area contributed by atoms with Gasteiger partial charge in [-0.1, -0.05) is 6.42 Å². The van der Waals surface area contributed by atoms with Gasteiger partial charge in [0.05, 0.1) is 6.26 Å². The van der Waals surface area contributed by atoms with Gasteiger partial charge in [0, 0.05) is 25.4 Å². The summed E-state index contributed by atoms with van der Waals surface area (Å²) < 4.78 is 5.27. The molecule has 4 nitrogen and oxygen atoms in total. The van der Waals surface area contributed by atoms with Crippen LogP contribution in [0.4, 0.5) is 0 Å². The van der Waals surface area contributed by atoms with Gasteiger partial charge in [-0.3, -0.25) is 4.79 Å². The van der Waals surface area contributed by atoms with E-state index in [1.165, 1.54) is 6.42 Å².